The largest absolute Gasteiger partial charge is 0.387 e. The summed E-state index contributed by atoms with van der Waals surface area (Å²) in [6.07, 6.45) is -0.577. The lowest BCUT2D eigenvalue weighted by molar-refractivity contribution is 0.187. The standard InChI is InChI=1S/C8H10ClNO.ClH/c9-7-3-1-6(2-4-7)8(11)5-10;/h1-4,8,11H,5,10H2;1H/t8-;/m0./s1. The lowest BCUT2D eigenvalue weighted by Gasteiger charge is -2.06. The van der Waals surface area contributed by atoms with Crippen molar-refractivity contribution in [3.8, 4) is 0 Å². The molecule has 0 aliphatic carbocycles. The second-order valence-electron chi connectivity index (χ2n) is 2.30. The van der Waals surface area contributed by atoms with Crippen LogP contribution >= 0.6 is 24.0 Å². The number of aliphatic hydroxyl groups is 1. The Balaban J connectivity index is 0.00000121. The van der Waals surface area contributed by atoms with Gasteiger partial charge < -0.3 is 10.8 Å². The maximum absolute atomic E-state index is 9.25. The Morgan fingerprint density at radius 1 is 1.33 bits per heavy atom. The monoisotopic (exact) mass is 207 g/mol. The molecule has 1 rings (SSSR count). The first kappa shape index (κ1) is 11.7. The summed E-state index contributed by atoms with van der Waals surface area (Å²) in [6, 6.07) is 6.99. The molecule has 1 atom stereocenters. The van der Waals surface area contributed by atoms with E-state index in [1.807, 2.05) is 0 Å². The van der Waals surface area contributed by atoms with Crippen LogP contribution in [0.25, 0.3) is 0 Å². The van der Waals surface area contributed by atoms with Crippen LogP contribution in [0.5, 0.6) is 0 Å². The SMILES string of the molecule is Cl.NC[C@H](O)c1ccc(Cl)cc1. The Bertz CT molecular complexity index is 225. The molecule has 0 aliphatic rings. The van der Waals surface area contributed by atoms with Crippen LogP contribution in [0.15, 0.2) is 24.3 Å². The van der Waals surface area contributed by atoms with Crippen LogP contribution in [0.2, 0.25) is 5.02 Å². The zero-order valence-corrected chi connectivity index (χ0v) is 7.98. The molecule has 0 amide bonds. The van der Waals surface area contributed by atoms with Crippen molar-refractivity contribution in [1.29, 1.82) is 0 Å². The van der Waals surface area contributed by atoms with E-state index in [9.17, 15) is 5.11 Å². The molecule has 0 aliphatic heterocycles. The van der Waals surface area contributed by atoms with Gasteiger partial charge in [0.2, 0.25) is 0 Å². The molecule has 0 fully saturated rings. The molecular weight excluding hydrogens is 197 g/mol. The van der Waals surface area contributed by atoms with Crippen LogP contribution in [-0.4, -0.2) is 11.7 Å². The van der Waals surface area contributed by atoms with Gasteiger partial charge in [-0.2, -0.15) is 0 Å². The first-order valence-electron chi connectivity index (χ1n) is 3.37. The lowest BCUT2D eigenvalue weighted by atomic mass is 10.1. The average Bonchev–Trinajstić information content (AvgIpc) is 2.05. The molecule has 0 radical (unpaired) electrons. The van der Waals surface area contributed by atoms with Gasteiger partial charge in [-0.15, -0.1) is 12.4 Å². The Kier molecular flexibility index (Phi) is 5.25. The number of benzene rings is 1. The molecule has 1 aromatic rings. The number of rotatable bonds is 2. The highest BCUT2D eigenvalue weighted by molar-refractivity contribution is 6.30. The van der Waals surface area contributed by atoms with Gasteiger partial charge in [-0.1, -0.05) is 23.7 Å². The smallest absolute Gasteiger partial charge is 0.0912 e. The Labute approximate surface area is 82.8 Å². The van der Waals surface area contributed by atoms with E-state index in [0.29, 0.717) is 5.02 Å². The number of aliphatic hydroxyl groups excluding tert-OH is 1. The summed E-state index contributed by atoms with van der Waals surface area (Å²) in [7, 11) is 0. The summed E-state index contributed by atoms with van der Waals surface area (Å²) in [6.45, 7) is 0.238. The minimum absolute atomic E-state index is 0. The van der Waals surface area contributed by atoms with E-state index in [1.54, 1.807) is 24.3 Å². The van der Waals surface area contributed by atoms with Crippen LogP contribution in [0, 0.1) is 0 Å². The highest BCUT2D eigenvalue weighted by Crippen LogP contribution is 2.14. The van der Waals surface area contributed by atoms with Crippen molar-refractivity contribution in [2.24, 2.45) is 5.73 Å². The van der Waals surface area contributed by atoms with Gasteiger partial charge in [0.1, 0.15) is 0 Å². The van der Waals surface area contributed by atoms with Gasteiger partial charge in [-0.05, 0) is 17.7 Å². The van der Waals surface area contributed by atoms with Gasteiger partial charge in [0.15, 0.2) is 0 Å². The fourth-order valence-electron chi connectivity index (χ4n) is 0.821. The maximum atomic E-state index is 9.25. The van der Waals surface area contributed by atoms with Gasteiger partial charge in [0.25, 0.3) is 0 Å². The van der Waals surface area contributed by atoms with Gasteiger partial charge in [0.05, 0.1) is 6.10 Å². The molecule has 2 nitrogen and oxygen atoms in total. The summed E-state index contributed by atoms with van der Waals surface area (Å²) in [5.74, 6) is 0. The van der Waals surface area contributed by atoms with Crippen LogP contribution < -0.4 is 5.73 Å². The number of hydrogen-bond acceptors (Lipinski definition) is 2. The van der Waals surface area contributed by atoms with E-state index in [0.717, 1.165) is 5.56 Å². The molecule has 0 aromatic heterocycles. The van der Waals surface area contributed by atoms with Gasteiger partial charge in [-0.25, -0.2) is 0 Å². The number of halogens is 2. The normalized spacial score (nSPS) is 11.9. The quantitative estimate of drug-likeness (QED) is 0.777. The maximum Gasteiger partial charge on any atom is 0.0912 e. The van der Waals surface area contributed by atoms with Crippen molar-refractivity contribution in [3.63, 3.8) is 0 Å². The summed E-state index contributed by atoms with van der Waals surface area (Å²) in [4.78, 5) is 0. The van der Waals surface area contributed by atoms with E-state index >= 15 is 0 Å². The summed E-state index contributed by atoms with van der Waals surface area (Å²) < 4.78 is 0. The molecule has 0 saturated carbocycles. The second-order valence-corrected chi connectivity index (χ2v) is 2.74. The predicted molar refractivity (Wildman–Crippen MR) is 52.7 cm³/mol. The van der Waals surface area contributed by atoms with E-state index in [1.165, 1.54) is 0 Å². The molecule has 0 heterocycles. The minimum Gasteiger partial charge on any atom is -0.387 e. The van der Waals surface area contributed by atoms with E-state index in [2.05, 4.69) is 0 Å². The highest BCUT2D eigenvalue weighted by atomic mass is 35.5. The highest BCUT2D eigenvalue weighted by Gasteiger charge is 2.02. The topological polar surface area (TPSA) is 46.2 Å². The van der Waals surface area contributed by atoms with E-state index in [-0.39, 0.29) is 19.0 Å². The van der Waals surface area contributed by atoms with Crippen LogP contribution in [-0.2, 0) is 0 Å². The molecule has 0 spiro atoms. The van der Waals surface area contributed by atoms with Crippen molar-refractivity contribution < 1.29 is 5.11 Å². The summed E-state index contributed by atoms with van der Waals surface area (Å²) >= 11 is 5.65. The van der Waals surface area contributed by atoms with E-state index < -0.39 is 6.10 Å². The lowest BCUT2D eigenvalue weighted by Crippen LogP contribution is -2.11. The Morgan fingerprint density at radius 3 is 2.25 bits per heavy atom. The van der Waals surface area contributed by atoms with Crippen molar-refractivity contribution in [2.45, 2.75) is 6.10 Å². The molecule has 0 saturated heterocycles. The van der Waals surface area contributed by atoms with Crippen molar-refractivity contribution >= 4 is 24.0 Å². The van der Waals surface area contributed by atoms with Crippen molar-refractivity contribution in [3.05, 3.63) is 34.9 Å². The van der Waals surface area contributed by atoms with Gasteiger partial charge in [0, 0.05) is 11.6 Å². The second kappa shape index (κ2) is 5.38. The van der Waals surface area contributed by atoms with E-state index in [4.69, 9.17) is 17.3 Å². The third-order valence-corrected chi connectivity index (χ3v) is 1.73. The van der Waals surface area contributed by atoms with Crippen LogP contribution in [0.4, 0.5) is 0 Å². The number of nitrogens with two attached hydrogens (primary N) is 1. The molecule has 1 aromatic carbocycles. The molecular formula is C8H11Cl2NO. The zero-order chi connectivity index (χ0) is 8.27. The first-order chi connectivity index (χ1) is 5.24. The Hall–Kier alpha value is -0.280. The van der Waals surface area contributed by atoms with Crippen molar-refractivity contribution in [1.82, 2.24) is 0 Å². The summed E-state index contributed by atoms with van der Waals surface area (Å²) in [5, 5.41) is 9.92. The fraction of sp³-hybridized carbons (Fsp3) is 0.250. The average molecular weight is 208 g/mol. The molecule has 68 valence electrons. The molecule has 0 bridgehead atoms. The minimum atomic E-state index is -0.577. The Morgan fingerprint density at radius 2 is 1.83 bits per heavy atom. The molecule has 12 heavy (non-hydrogen) atoms. The van der Waals surface area contributed by atoms with Gasteiger partial charge >= 0.3 is 0 Å². The number of hydrogen-bond donors (Lipinski definition) is 2. The fourth-order valence-corrected chi connectivity index (χ4v) is 0.947. The predicted octanol–water partition coefficient (Wildman–Crippen LogP) is 1.75. The third-order valence-electron chi connectivity index (χ3n) is 1.48. The van der Waals surface area contributed by atoms with Gasteiger partial charge in [-0.3, -0.25) is 0 Å². The third kappa shape index (κ3) is 2.99. The van der Waals surface area contributed by atoms with Crippen LogP contribution in [0.1, 0.15) is 11.7 Å². The molecule has 4 heteroatoms. The van der Waals surface area contributed by atoms with Crippen molar-refractivity contribution in [2.75, 3.05) is 6.54 Å². The molecule has 3 N–H and O–H groups in total. The zero-order valence-electron chi connectivity index (χ0n) is 6.40. The molecule has 0 unspecified atom stereocenters. The summed E-state index contributed by atoms with van der Waals surface area (Å²) in [5.41, 5.74) is 6.06. The van der Waals surface area contributed by atoms with Crippen LogP contribution in [0.3, 0.4) is 0 Å². The first-order valence-corrected chi connectivity index (χ1v) is 3.75.